The molecule has 0 spiro atoms. The minimum absolute atomic E-state index is 0.0181. The van der Waals surface area contributed by atoms with E-state index in [1.54, 1.807) is 29.5 Å². The van der Waals surface area contributed by atoms with Crippen molar-refractivity contribution in [2.24, 2.45) is 5.73 Å². The average molecular weight is 237 g/mol. The SMILES string of the molecule is CC(N)C(c1ccncc1)n1cc(Cl)cn1. The molecule has 0 saturated heterocycles. The predicted molar refractivity (Wildman–Crippen MR) is 63.3 cm³/mol. The van der Waals surface area contributed by atoms with Crippen LogP contribution in [0.3, 0.4) is 0 Å². The first-order valence-electron chi connectivity index (χ1n) is 5.03. The van der Waals surface area contributed by atoms with E-state index in [2.05, 4.69) is 10.1 Å². The van der Waals surface area contributed by atoms with Gasteiger partial charge in [-0.25, -0.2) is 0 Å². The Morgan fingerprint density at radius 1 is 1.38 bits per heavy atom. The van der Waals surface area contributed by atoms with Crippen LogP contribution in [-0.2, 0) is 0 Å². The lowest BCUT2D eigenvalue weighted by molar-refractivity contribution is 0.453. The third kappa shape index (κ3) is 2.23. The normalized spacial score (nSPS) is 14.7. The molecule has 0 saturated carbocycles. The van der Waals surface area contributed by atoms with Gasteiger partial charge in [0.05, 0.1) is 17.3 Å². The highest BCUT2D eigenvalue weighted by atomic mass is 35.5. The summed E-state index contributed by atoms with van der Waals surface area (Å²) < 4.78 is 1.78. The summed E-state index contributed by atoms with van der Waals surface area (Å²) in [5.41, 5.74) is 7.06. The second kappa shape index (κ2) is 4.63. The van der Waals surface area contributed by atoms with Gasteiger partial charge in [0.1, 0.15) is 0 Å². The number of rotatable bonds is 3. The maximum Gasteiger partial charge on any atom is 0.0918 e. The van der Waals surface area contributed by atoms with Crippen LogP contribution in [0.1, 0.15) is 18.5 Å². The van der Waals surface area contributed by atoms with Gasteiger partial charge < -0.3 is 5.73 Å². The Bertz CT molecular complexity index is 452. The molecule has 5 heteroatoms. The molecule has 2 heterocycles. The number of nitrogens with two attached hydrogens (primary N) is 1. The van der Waals surface area contributed by atoms with Gasteiger partial charge in [0.2, 0.25) is 0 Å². The van der Waals surface area contributed by atoms with Gasteiger partial charge in [0.25, 0.3) is 0 Å². The first-order chi connectivity index (χ1) is 7.68. The molecule has 0 aliphatic rings. The number of pyridine rings is 1. The molecule has 2 aromatic heterocycles. The van der Waals surface area contributed by atoms with Crippen molar-refractivity contribution in [1.29, 1.82) is 0 Å². The van der Waals surface area contributed by atoms with Crippen molar-refractivity contribution in [3.8, 4) is 0 Å². The van der Waals surface area contributed by atoms with Gasteiger partial charge in [0, 0.05) is 24.6 Å². The van der Waals surface area contributed by atoms with Crippen LogP contribution in [0.25, 0.3) is 0 Å². The molecule has 4 nitrogen and oxygen atoms in total. The van der Waals surface area contributed by atoms with Crippen molar-refractivity contribution in [1.82, 2.24) is 14.8 Å². The third-order valence-electron chi connectivity index (χ3n) is 2.40. The van der Waals surface area contributed by atoms with Gasteiger partial charge in [-0.2, -0.15) is 5.10 Å². The van der Waals surface area contributed by atoms with Crippen LogP contribution in [0.4, 0.5) is 0 Å². The highest BCUT2D eigenvalue weighted by molar-refractivity contribution is 6.30. The van der Waals surface area contributed by atoms with Gasteiger partial charge in [-0.05, 0) is 24.6 Å². The lowest BCUT2D eigenvalue weighted by atomic mass is 10.0. The maximum atomic E-state index is 5.99. The van der Waals surface area contributed by atoms with E-state index >= 15 is 0 Å². The molecule has 0 aliphatic carbocycles. The van der Waals surface area contributed by atoms with Crippen LogP contribution >= 0.6 is 11.6 Å². The number of nitrogens with zero attached hydrogens (tertiary/aromatic N) is 3. The summed E-state index contributed by atoms with van der Waals surface area (Å²) in [6.07, 6.45) is 6.87. The van der Waals surface area contributed by atoms with Crippen molar-refractivity contribution >= 4 is 11.6 Å². The van der Waals surface area contributed by atoms with E-state index in [-0.39, 0.29) is 12.1 Å². The molecule has 16 heavy (non-hydrogen) atoms. The van der Waals surface area contributed by atoms with Crippen molar-refractivity contribution in [3.05, 3.63) is 47.5 Å². The van der Waals surface area contributed by atoms with E-state index in [0.717, 1.165) is 5.56 Å². The second-order valence-electron chi connectivity index (χ2n) is 3.72. The van der Waals surface area contributed by atoms with Crippen molar-refractivity contribution in [2.45, 2.75) is 19.0 Å². The molecular formula is C11H13ClN4. The first kappa shape index (κ1) is 11.1. The van der Waals surface area contributed by atoms with Gasteiger partial charge in [0.15, 0.2) is 0 Å². The number of halogens is 1. The molecule has 0 amide bonds. The molecule has 2 aromatic rings. The van der Waals surface area contributed by atoms with Crippen LogP contribution in [0.2, 0.25) is 5.02 Å². The van der Waals surface area contributed by atoms with E-state index in [0.29, 0.717) is 5.02 Å². The molecule has 0 aliphatic heterocycles. The Hall–Kier alpha value is -1.39. The molecule has 0 bridgehead atoms. The Morgan fingerprint density at radius 3 is 2.56 bits per heavy atom. The summed E-state index contributed by atoms with van der Waals surface area (Å²) in [4.78, 5) is 3.99. The Labute approximate surface area is 99.1 Å². The molecular weight excluding hydrogens is 224 g/mol. The molecule has 2 unspecified atom stereocenters. The molecule has 0 fully saturated rings. The fourth-order valence-corrected chi connectivity index (χ4v) is 1.87. The quantitative estimate of drug-likeness (QED) is 0.885. The fourth-order valence-electron chi connectivity index (χ4n) is 1.72. The molecule has 2 atom stereocenters. The smallest absolute Gasteiger partial charge is 0.0918 e. The summed E-state index contributed by atoms with van der Waals surface area (Å²) in [5, 5.41) is 4.81. The van der Waals surface area contributed by atoms with Crippen LogP contribution in [0.5, 0.6) is 0 Å². The fraction of sp³-hybridized carbons (Fsp3) is 0.273. The van der Waals surface area contributed by atoms with Gasteiger partial charge in [-0.1, -0.05) is 11.6 Å². The van der Waals surface area contributed by atoms with E-state index in [4.69, 9.17) is 17.3 Å². The second-order valence-corrected chi connectivity index (χ2v) is 4.16. The summed E-state index contributed by atoms with van der Waals surface area (Å²) >= 11 is 5.86. The molecule has 84 valence electrons. The summed E-state index contributed by atoms with van der Waals surface area (Å²) in [6, 6.07) is 3.79. The Balaban J connectivity index is 2.39. The van der Waals surface area contributed by atoms with Crippen molar-refractivity contribution in [3.63, 3.8) is 0 Å². The largest absolute Gasteiger partial charge is 0.326 e. The predicted octanol–water partition coefficient (Wildman–Crippen LogP) is 1.87. The lowest BCUT2D eigenvalue weighted by Crippen LogP contribution is -2.30. The minimum Gasteiger partial charge on any atom is -0.326 e. The van der Waals surface area contributed by atoms with Crippen molar-refractivity contribution < 1.29 is 0 Å². The summed E-state index contributed by atoms with van der Waals surface area (Å²) in [5.74, 6) is 0. The van der Waals surface area contributed by atoms with E-state index in [1.165, 1.54) is 0 Å². The topological polar surface area (TPSA) is 56.7 Å². The van der Waals surface area contributed by atoms with E-state index in [9.17, 15) is 0 Å². The Kier molecular flexibility index (Phi) is 3.22. The summed E-state index contributed by atoms with van der Waals surface area (Å²) in [6.45, 7) is 1.95. The molecule has 2 rings (SSSR count). The zero-order chi connectivity index (χ0) is 11.5. The van der Waals surface area contributed by atoms with Crippen LogP contribution in [0, 0.1) is 0 Å². The zero-order valence-electron chi connectivity index (χ0n) is 8.92. The van der Waals surface area contributed by atoms with Gasteiger partial charge in [-0.3, -0.25) is 9.67 Å². The monoisotopic (exact) mass is 236 g/mol. The van der Waals surface area contributed by atoms with Crippen LogP contribution in [-0.4, -0.2) is 20.8 Å². The highest BCUT2D eigenvalue weighted by Crippen LogP contribution is 2.21. The average Bonchev–Trinajstić information content (AvgIpc) is 2.66. The Morgan fingerprint density at radius 2 is 2.06 bits per heavy atom. The van der Waals surface area contributed by atoms with Crippen LogP contribution < -0.4 is 5.73 Å². The molecule has 0 radical (unpaired) electrons. The zero-order valence-corrected chi connectivity index (χ0v) is 9.67. The van der Waals surface area contributed by atoms with E-state index < -0.39 is 0 Å². The highest BCUT2D eigenvalue weighted by Gasteiger charge is 2.18. The lowest BCUT2D eigenvalue weighted by Gasteiger charge is -2.21. The first-order valence-corrected chi connectivity index (χ1v) is 5.41. The summed E-state index contributed by atoms with van der Waals surface area (Å²) in [7, 11) is 0. The van der Waals surface area contributed by atoms with Gasteiger partial charge in [-0.15, -0.1) is 0 Å². The third-order valence-corrected chi connectivity index (χ3v) is 2.60. The van der Waals surface area contributed by atoms with Crippen LogP contribution in [0.15, 0.2) is 36.9 Å². The van der Waals surface area contributed by atoms with E-state index in [1.807, 2.05) is 19.1 Å². The maximum absolute atomic E-state index is 5.99. The minimum atomic E-state index is -0.0571. The molecule has 0 aromatic carbocycles. The number of hydrogen-bond donors (Lipinski definition) is 1. The standard InChI is InChI=1S/C11H13ClN4/c1-8(13)11(9-2-4-14-5-3-9)16-7-10(12)6-15-16/h2-8,11H,13H2,1H3. The number of aromatic nitrogens is 3. The number of hydrogen-bond acceptors (Lipinski definition) is 3. The molecule has 2 N–H and O–H groups in total. The van der Waals surface area contributed by atoms with Crippen molar-refractivity contribution in [2.75, 3.05) is 0 Å². The van der Waals surface area contributed by atoms with Gasteiger partial charge >= 0.3 is 0 Å².